The Morgan fingerprint density at radius 3 is 2.30 bits per heavy atom. The molecule has 0 aromatic rings. The van der Waals surface area contributed by atoms with Crippen LogP contribution in [-0.2, 0) is 14.4 Å². The van der Waals surface area contributed by atoms with Crippen LogP contribution >= 0.6 is 0 Å². The zero-order chi connectivity index (χ0) is 15.3. The molecular weight excluding hydrogens is 260 g/mol. The molecule has 0 spiro atoms. The van der Waals surface area contributed by atoms with E-state index in [0.29, 0.717) is 13.0 Å². The highest BCUT2D eigenvalue weighted by molar-refractivity contribution is 5.84. The molecule has 0 aromatic heterocycles. The van der Waals surface area contributed by atoms with Gasteiger partial charge in [-0.2, -0.15) is 0 Å². The summed E-state index contributed by atoms with van der Waals surface area (Å²) in [4.78, 5) is 34.2. The fraction of sp³-hybridized carbons (Fsp3) is 0.786. The van der Waals surface area contributed by atoms with Gasteiger partial charge in [-0.1, -0.05) is 20.8 Å². The van der Waals surface area contributed by atoms with Crippen LogP contribution in [0.3, 0.4) is 0 Å². The van der Waals surface area contributed by atoms with Crippen LogP contribution in [-0.4, -0.2) is 35.5 Å². The molecular formula is C14H24N2O4. The molecule has 2 amide bonds. The van der Waals surface area contributed by atoms with Crippen LogP contribution in [0.5, 0.6) is 0 Å². The Balaban J connectivity index is 2.20. The molecule has 0 bridgehead atoms. The third-order valence-electron chi connectivity index (χ3n) is 3.22. The van der Waals surface area contributed by atoms with Gasteiger partial charge in [-0.05, 0) is 25.2 Å². The van der Waals surface area contributed by atoms with Crippen LogP contribution in [0, 0.1) is 11.3 Å². The number of hydrogen-bond donors (Lipinski definition) is 3. The fourth-order valence-corrected chi connectivity index (χ4v) is 1.77. The van der Waals surface area contributed by atoms with Gasteiger partial charge in [0.1, 0.15) is 6.04 Å². The van der Waals surface area contributed by atoms with E-state index in [0.717, 1.165) is 12.8 Å². The number of carbonyl (C=O) groups excluding carboxylic acids is 2. The molecule has 1 saturated carbocycles. The second-order valence-corrected chi connectivity index (χ2v) is 6.33. The maximum Gasteiger partial charge on any atom is 0.326 e. The predicted octanol–water partition coefficient (Wildman–Crippen LogP) is 0.908. The Bertz CT molecular complexity index is 383. The molecule has 1 aliphatic rings. The third kappa shape index (κ3) is 5.59. The molecule has 1 aliphatic carbocycles. The molecule has 1 unspecified atom stereocenters. The van der Waals surface area contributed by atoms with Gasteiger partial charge < -0.3 is 15.7 Å². The minimum Gasteiger partial charge on any atom is -0.480 e. The summed E-state index contributed by atoms with van der Waals surface area (Å²) in [6, 6.07) is -0.758. The first kappa shape index (κ1) is 16.5. The Morgan fingerprint density at radius 2 is 1.85 bits per heavy atom. The second-order valence-electron chi connectivity index (χ2n) is 6.33. The summed E-state index contributed by atoms with van der Waals surface area (Å²) in [7, 11) is 0. The van der Waals surface area contributed by atoms with Crippen molar-refractivity contribution in [3.05, 3.63) is 0 Å². The molecule has 1 rings (SSSR count). The van der Waals surface area contributed by atoms with Gasteiger partial charge >= 0.3 is 5.97 Å². The van der Waals surface area contributed by atoms with E-state index in [9.17, 15) is 14.4 Å². The van der Waals surface area contributed by atoms with E-state index in [-0.39, 0.29) is 24.2 Å². The van der Waals surface area contributed by atoms with E-state index >= 15 is 0 Å². The molecule has 0 radical (unpaired) electrons. The van der Waals surface area contributed by atoms with Gasteiger partial charge in [0, 0.05) is 18.4 Å². The Kier molecular flexibility index (Phi) is 5.53. The first-order valence-electron chi connectivity index (χ1n) is 7.02. The average molecular weight is 284 g/mol. The molecule has 1 fully saturated rings. The van der Waals surface area contributed by atoms with Crippen molar-refractivity contribution in [2.24, 2.45) is 11.3 Å². The normalized spacial score (nSPS) is 16.4. The smallest absolute Gasteiger partial charge is 0.326 e. The van der Waals surface area contributed by atoms with Crippen molar-refractivity contribution in [1.82, 2.24) is 10.6 Å². The number of carbonyl (C=O) groups is 3. The number of amides is 2. The van der Waals surface area contributed by atoms with Crippen LogP contribution in [0.1, 0.15) is 46.5 Å². The van der Waals surface area contributed by atoms with Crippen molar-refractivity contribution >= 4 is 17.8 Å². The molecule has 6 heteroatoms. The number of carboxylic acids is 1. The van der Waals surface area contributed by atoms with Gasteiger partial charge in [0.05, 0.1) is 0 Å². The van der Waals surface area contributed by atoms with Crippen LogP contribution in [0.4, 0.5) is 0 Å². The van der Waals surface area contributed by atoms with Gasteiger partial charge in [0.2, 0.25) is 11.8 Å². The average Bonchev–Trinajstić information content (AvgIpc) is 3.13. The number of carboxylic acid groups (broad SMARTS) is 1. The van der Waals surface area contributed by atoms with Crippen LogP contribution in [0.25, 0.3) is 0 Å². The SMILES string of the molecule is CC(C)(C)C(=O)NCCCC(=O)NC(C(=O)O)C1CC1. The quantitative estimate of drug-likeness (QED) is 0.605. The van der Waals surface area contributed by atoms with Gasteiger partial charge in [-0.3, -0.25) is 9.59 Å². The molecule has 6 nitrogen and oxygen atoms in total. The van der Waals surface area contributed by atoms with Crippen molar-refractivity contribution in [3.8, 4) is 0 Å². The number of aliphatic carboxylic acids is 1. The lowest BCUT2D eigenvalue weighted by atomic mass is 9.96. The summed E-state index contributed by atoms with van der Waals surface area (Å²) in [5.74, 6) is -1.22. The van der Waals surface area contributed by atoms with E-state index in [2.05, 4.69) is 10.6 Å². The van der Waals surface area contributed by atoms with Crippen LogP contribution < -0.4 is 10.6 Å². The summed E-state index contributed by atoms with van der Waals surface area (Å²) in [6.45, 7) is 5.89. The van der Waals surface area contributed by atoms with E-state index in [1.807, 2.05) is 20.8 Å². The Labute approximate surface area is 119 Å². The first-order chi connectivity index (χ1) is 9.21. The van der Waals surface area contributed by atoms with E-state index in [1.165, 1.54) is 0 Å². The number of rotatable bonds is 7. The molecule has 0 heterocycles. The highest BCUT2D eigenvalue weighted by Gasteiger charge is 2.37. The maximum atomic E-state index is 11.6. The van der Waals surface area contributed by atoms with Crippen molar-refractivity contribution in [1.29, 1.82) is 0 Å². The number of hydrogen-bond acceptors (Lipinski definition) is 3. The third-order valence-corrected chi connectivity index (χ3v) is 3.22. The summed E-state index contributed by atoms with van der Waals surface area (Å²) in [6.07, 6.45) is 2.45. The minimum absolute atomic E-state index is 0.0562. The lowest BCUT2D eigenvalue weighted by Gasteiger charge is -2.17. The highest BCUT2D eigenvalue weighted by Crippen LogP contribution is 2.32. The minimum atomic E-state index is -0.970. The molecule has 0 saturated heterocycles. The standard InChI is InChI=1S/C14H24N2O4/c1-14(2,3)13(20)15-8-4-5-10(17)16-11(12(18)19)9-6-7-9/h9,11H,4-8H2,1-3H3,(H,15,20)(H,16,17)(H,18,19). The molecule has 20 heavy (non-hydrogen) atoms. The Hall–Kier alpha value is -1.59. The summed E-state index contributed by atoms with van der Waals surface area (Å²) in [5.41, 5.74) is -0.442. The van der Waals surface area contributed by atoms with Gasteiger partial charge in [0.15, 0.2) is 0 Å². The summed E-state index contributed by atoms with van der Waals surface area (Å²) in [5, 5.41) is 14.3. The van der Waals surface area contributed by atoms with Crippen molar-refractivity contribution < 1.29 is 19.5 Å². The topological polar surface area (TPSA) is 95.5 Å². The maximum absolute atomic E-state index is 11.6. The fourth-order valence-electron chi connectivity index (χ4n) is 1.77. The van der Waals surface area contributed by atoms with E-state index < -0.39 is 17.4 Å². The molecule has 3 N–H and O–H groups in total. The van der Waals surface area contributed by atoms with Crippen molar-refractivity contribution in [2.75, 3.05) is 6.54 Å². The van der Waals surface area contributed by atoms with E-state index in [1.54, 1.807) is 0 Å². The summed E-state index contributed by atoms with van der Waals surface area (Å²) >= 11 is 0. The lowest BCUT2D eigenvalue weighted by molar-refractivity contribution is -0.142. The van der Waals surface area contributed by atoms with Gasteiger partial charge in [0.25, 0.3) is 0 Å². The van der Waals surface area contributed by atoms with Crippen LogP contribution in [0.2, 0.25) is 0 Å². The van der Waals surface area contributed by atoms with Gasteiger partial charge in [-0.15, -0.1) is 0 Å². The number of nitrogens with one attached hydrogen (secondary N) is 2. The highest BCUT2D eigenvalue weighted by atomic mass is 16.4. The van der Waals surface area contributed by atoms with Gasteiger partial charge in [-0.25, -0.2) is 4.79 Å². The zero-order valence-corrected chi connectivity index (χ0v) is 12.4. The molecule has 0 aliphatic heterocycles. The van der Waals surface area contributed by atoms with Crippen molar-refractivity contribution in [3.63, 3.8) is 0 Å². The van der Waals surface area contributed by atoms with E-state index in [4.69, 9.17) is 5.11 Å². The molecule has 114 valence electrons. The van der Waals surface area contributed by atoms with Crippen molar-refractivity contribution in [2.45, 2.75) is 52.5 Å². The second kappa shape index (κ2) is 6.72. The largest absolute Gasteiger partial charge is 0.480 e. The first-order valence-corrected chi connectivity index (χ1v) is 7.02. The molecule has 1 atom stereocenters. The van der Waals surface area contributed by atoms with Crippen LogP contribution in [0.15, 0.2) is 0 Å². The summed E-state index contributed by atoms with van der Waals surface area (Å²) < 4.78 is 0. The predicted molar refractivity (Wildman–Crippen MR) is 74.0 cm³/mol. The molecule has 0 aromatic carbocycles. The Morgan fingerprint density at radius 1 is 1.25 bits per heavy atom. The zero-order valence-electron chi connectivity index (χ0n) is 12.4. The lowest BCUT2D eigenvalue weighted by Crippen LogP contribution is -2.42. The monoisotopic (exact) mass is 284 g/mol.